The molecular weight excluding hydrogens is 475 g/mol. The van der Waals surface area contributed by atoms with Crippen LogP contribution in [0, 0.1) is 5.82 Å². The fraction of sp³-hybridized carbons (Fsp3) is 0.269. The highest BCUT2D eigenvalue weighted by Crippen LogP contribution is 2.28. The summed E-state index contributed by atoms with van der Waals surface area (Å²) in [6.07, 6.45) is 4.98. The van der Waals surface area contributed by atoms with Crippen LogP contribution in [-0.4, -0.2) is 76.2 Å². The zero-order valence-electron chi connectivity index (χ0n) is 20.8. The molecule has 11 heteroatoms. The van der Waals surface area contributed by atoms with Crippen molar-refractivity contribution in [3.63, 3.8) is 0 Å². The average molecular weight is 505 g/mol. The monoisotopic (exact) mass is 504 g/mol. The second-order valence-corrected chi connectivity index (χ2v) is 8.79. The number of hydrogen-bond donors (Lipinski definition) is 2. The molecule has 0 unspecified atom stereocenters. The molecule has 1 aliphatic rings. The van der Waals surface area contributed by atoms with E-state index in [1.54, 1.807) is 0 Å². The van der Waals surface area contributed by atoms with Gasteiger partial charge in [-0.05, 0) is 20.6 Å². The number of fused-ring (bicyclic) bond motifs is 1. The molecule has 37 heavy (non-hydrogen) atoms. The first-order valence-corrected chi connectivity index (χ1v) is 11.9. The van der Waals surface area contributed by atoms with E-state index in [1.807, 2.05) is 44.2 Å². The van der Waals surface area contributed by atoms with Crippen molar-refractivity contribution < 1.29 is 14.0 Å². The second-order valence-electron chi connectivity index (χ2n) is 8.79. The summed E-state index contributed by atoms with van der Waals surface area (Å²) < 4.78 is 14.8. The fourth-order valence-corrected chi connectivity index (χ4v) is 4.21. The highest BCUT2D eigenvalue weighted by Gasteiger charge is 2.31. The van der Waals surface area contributed by atoms with E-state index in [-0.39, 0.29) is 28.3 Å². The first kappa shape index (κ1) is 25.7. The van der Waals surface area contributed by atoms with Crippen molar-refractivity contribution in [2.75, 3.05) is 31.2 Å². The van der Waals surface area contributed by atoms with Gasteiger partial charge < -0.3 is 14.8 Å². The molecular formula is C26H29FN8O2. The number of Topliss-reactive ketones (excluding diaryl/α,β-unsaturated/α-hetero) is 1. The first-order chi connectivity index (χ1) is 17.8. The fourth-order valence-electron chi connectivity index (χ4n) is 4.21. The number of amidine groups is 1. The molecule has 1 saturated heterocycles. The number of amides is 1. The normalized spacial score (nSPS) is 14.6. The number of nitrogens with two attached hydrogens (primary N) is 1. The molecule has 2 aromatic heterocycles. The van der Waals surface area contributed by atoms with Gasteiger partial charge >= 0.3 is 0 Å². The van der Waals surface area contributed by atoms with E-state index in [4.69, 9.17) is 10.8 Å². The molecule has 10 nitrogen and oxygen atoms in total. The second kappa shape index (κ2) is 11.1. The minimum Gasteiger partial charge on any atom is -0.357 e. The summed E-state index contributed by atoms with van der Waals surface area (Å²) >= 11 is 0. The molecule has 3 aromatic rings. The lowest BCUT2D eigenvalue weighted by atomic mass is 10.1. The first-order valence-electron chi connectivity index (χ1n) is 11.9. The zero-order chi connectivity index (χ0) is 26.5. The minimum atomic E-state index is -0.804. The molecule has 0 spiro atoms. The molecule has 0 atom stereocenters. The lowest BCUT2D eigenvalue weighted by Crippen LogP contribution is -2.52. The number of aliphatic imine (C=N–C) groups is 2. The molecule has 3 heterocycles. The van der Waals surface area contributed by atoms with Crippen molar-refractivity contribution in [3.8, 4) is 0 Å². The summed E-state index contributed by atoms with van der Waals surface area (Å²) in [6, 6.07) is 9.97. The van der Waals surface area contributed by atoms with Gasteiger partial charge in [0, 0.05) is 56.4 Å². The molecule has 1 fully saturated rings. The van der Waals surface area contributed by atoms with Crippen LogP contribution in [-0.2, 0) is 4.79 Å². The molecule has 1 aromatic carbocycles. The van der Waals surface area contributed by atoms with E-state index in [0.29, 0.717) is 26.2 Å². The molecule has 1 aliphatic heterocycles. The molecule has 0 radical (unpaired) electrons. The standard InChI is InChI=1S/C26H29FN8O2/c1-17(2)32-24(18-7-5-4-6-8-18)33-11-13-34(14-12-33)26(37)23(36)19-15-30-22-21(19)20(27)16-31-25(22)35(28)10-9-29-3/h4-10,15-17,30H,3,11-14,28H2,1-2H3/b10-9-,32-24+. The van der Waals surface area contributed by atoms with Gasteiger partial charge in [0.2, 0.25) is 0 Å². The van der Waals surface area contributed by atoms with Crippen molar-refractivity contribution in [1.29, 1.82) is 0 Å². The van der Waals surface area contributed by atoms with E-state index in [9.17, 15) is 14.0 Å². The van der Waals surface area contributed by atoms with Gasteiger partial charge in [-0.2, -0.15) is 0 Å². The summed E-state index contributed by atoms with van der Waals surface area (Å²) in [7, 11) is 0. The van der Waals surface area contributed by atoms with Crippen molar-refractivity contribution in [1.82, 2.24) is 19.8 Å². The Labute approximate surface area is 214 Å². The van der Waals surface area contributed by atoms with Crippen LogP contribution in [0.25, 0.3) is 10.9 Å². The van der Waals surface area contributed by atoms with E-state index in [0.717, 1.165) is 22.6 Å². The Morgan fingerprint density at radius 1 is 1.19 bits per heavy atom. The van der Waals surface area contributed by atoms with Gasteiger partial charge in [-0.1, -0.05) is 30.3 Å². The van der Waals surface area contributed by atoms with Crippen LogP contribution in [0.5, 0.6) is 0 Å². The number of hydrogen-bond acceptors (Lipinski definition) is 7. The number of carbonyl (C=O) groups is 2. The molecule has 0 saturated carbocycles. The predicted octanol–water partition coefficient (Wildman–Crippen LogP) is 2.74. The Morgan fingerprint density at radius 2 is 1.86 bits per heavy atom. The van der Waals surface area contributed by atoms with Crippen molar-refractivity contribution in [2.24, 2.45) is 15.8 Å². The number of anilines is 1. The topological polar surface area (TPSA) is 123 Å². The number of carbonyl (C=O) groups excluding carboxylic acids is 2. The van der Waals surface area contributed by atoms with Crippen LogP contribution in [0.3, 0.4) is 0 Å². The molecule has 192 valence electrons. The molecule has 1 amide bonds. The van der Waals surface area contributed by atoms with Crippen LogP contribution in [0.1, 0.15) is 29.8 Å². The Balaban J connectivity index is 1.53. The van der Waals surface area contributed by atoms with Gasteiger partial charge in [-0.3, -0.25) is 24.6 Å². The highest BCUT2D eigenvalue weighted by molar-refractivity contribution is 6.45. The maximum absolute atomic E-state index is 14.8. The third-order valence-electron chi connectivity index (χ3n) is 5.94. The van der Waals surface area contributed by atoms with Gasteiger partial charge in [0.15, 0.2) is 11.6 Å². The smallest absolute Gasteiger partial charge is 0.295 e. The number of H-pyrrole nitrogens is 1. The lowest BCUT2D eigenvalue weighted by Gasteiger charge is -2.36. The summed E-state index contributed by atoms with van der Waals surface area (Å²) in [5.41, 5.74) is 1.11. The number of benzene rings is 1. The highest BCUT2D eigenvalue weighted by atomic mass is 19.1. The van der Waals surface area contributed by atoms with Gasteiger partial charge in [0.25, 0.3) is 11.7 Å². The van der Waals surface area contributed by atoms with E-state index >= 15 is 0 Å². The summed E-state index contributed by atoms with van der Waals surface area (Å²) in [4.78, 5) is 45.1. The van der Waals surface area contributed by atoms with Gasteiger partial charge in [-0.15, -0.1) is 0 Å². The number of nitrogens with one attached hydrogen (secondary N) is 1. The number of aromatic nitrogens is 2. The number of halogens is 1. The maximum atomic E-state index is 14.8. The quantitative estimate of drug-likeness (QED) is 0.127. The Kier molecular flexibility index (Phi) is 7.73. The third kappa shape index (κ3) is 5.41. The number of piperazine rings is 1. The zero-order valence-corrected chi connectivity index (χ0v) is 20.8. The summed E-state index contributed by atoms with van der Waals surface area (Å²) in [5, 5.41) is 1.07. The number of aromatic amines is 1. The molecule has 0 bridgehead atoms. The SMILES string of the molecule is C=N/C=C\N(N)c1ncc(F)c2c(C(=O)C(=O)N3CCN(/C(=N/C(C)C)c4ccccc4)CC3)c[nH]c12. The Bertz CT molecular complexity index is 1360. The number of rotatable bonds is 7. The van der Waals surface area contributed by atoms with E-state index in [1.165, 1.54) is 23.5 Å². The van der Waals surface area contributed by atoms with E-state index < -0.39 is 17.5 Å². The third-order valence-corrected chi connectivity index (χ3v) is 5.94. The van der Waals surface area contributed by atoms with Crippen molar-refractivity contribution in [3.05, 3.63) is 72.1 Å². The van der Waals surface area contributed by atoms with Crippen LogP contribution < -0.4 is 10.9 Å². The van der Waals surface area contributed by atoms with Gasteiger partial charge in [0.1, 0.15) is 5.84 Å². The summed E-state index contributed by atoms with van der Waals surface area (Å²) in [5.74, 6) is 4.73. The van der Waals surface area contributed by atoms with Gasteiger partial charge in [-0.25, -0.2) is 15.2 Å². The van der Waals surface area contributed by atoms with Crippen LogP contribution >= 0.6 is 0 Å². The number of ketones is 1. The minimum absolute atomic E-state index is 0.0483. The average Bonchev–Trinajstić information content (AvgIpc) is 3.36. The van der Waals surface area contributed by atoms with Crippen LogP contribution in [0.2, 0.25) is 0 Å². The Morgan fingerprint density at radius 3 is 2.51 bits per heavy atom. The van der Waals surface area contributed by atoms with Crippen molar-refractivity contribution >= 4 is 41.0 Å². The van der Waals surface area contributed by atoms with Crippen molar-refractivity contribution in [2.45, 2.75) is 19.9 Å². The maximum Gasteiger partial charge on any atom is 0.295 e. The van der Waals surface area contributed by atoms with Crippen LogP contribution in [0.4, 0.5) is 10.2 Å². The molecule has 0 aliphatic carbocycles. The number of pyridine rings is 1. The van der Waals surface area contributed by atoms with Gasteiger partial charge in [0.05, 0.1) is 22.7 Å². The molecule has 3 N–H and O–H groups in total. The number of nitrogens with zero attached hydrogens (tertiary/aromatic N) is 6. The largest absolute Gasteiger partial charge is 0.357 e. The number of hydrazine groups is 1. The van der Waals surface area contributed by atoms with Crippen LogP contribution in [0.15, 0.2) is 65.1 Å². The van der Waals surface area contributed by atoms with E-state index in [2.05, 4.69) is 26.6 Å². The Hall–Kier alpha value is -4.38. The predicted molar refractivity (Wildman–Crippen MR) is 142 cm³/mol. The lowest BCUT2D eigenvalue weighted by molar-refractivity contribution is -0.127. The summed E-state index contributed by atoms with van der Waals surface area (Å²) in [6.45, 7) is 9.06. The molecule has 4 rings (SSSR count).